The van der Waals surface area contributed by atoms with Crippen molar-refractivity contribution in [3.8, 4) is 42.3 Å². The number of pyridine rings is 2. The molecule has 2 aliphatic rings. The van der Waals surface area contributed by atoms with Gasteiger partial charge in [-0.3, -0.25) is 31.2 Å². The van der Waals surface area contributed by atoms with Gasteiger partial charge in [-0.25, -0.2) is 60.2 Å². The van der Waals surface area contributed by atoms with E-state index in [4.69, 9.17) is 23.7 Å². The number of benzene rings is 2. The molecule has 6 aromatic rings. The lowest BCUT2D eigenvalue weighted by Crippen LogP contribution is -2.42. The molecule has 0 bridgehead atoms. The Morgan fingerprint density at radius 2 is 0.937 bits per heavy atom. The van der Waals surface area contributed by atoms with E-state index < -0.39 is 61.1 Å². The van der Waals surface area contributed by atoms with Crippen LogP contribution in [0.1, 0.15) is 127 Å². The van der Waals surface area contributed by atoms with Gasteiger partial charge in [0.25, 0.3) is 0 Å². The van der Waals surface area contributed by atoms with E-state index in [-0.39, 0.29) is 46.3 Å². The summed E-state index contributed by atoms with van der Waals surface area (Å²) in [6.45, 7) is 29.9. The van der Waals surface area contributed by atoms with Crippen LogP contribution in [-0.4, -0.2) is 140 Å². The minimum Gasteiger partial charge on any atom is -0.449 e. The molecule has 4 aromatic heterocycles. The van der Waals surface area contributed by atoms with E-state index >= 15 is 0 Å². The molecule has 0 unspecified atom stereocenters. The number of nitrogens with one attached hydrogen (secondary N) is 7. The van der Waals surface area contributed by atoms with Crippen molar-refractivity contribution in [2.75, 3.05) is 60.7 Å². The Kier molecular flexibility index (Phi) is 24.9. The number of carbonyl (C=O) groups excluding carboxylic acids is 5. The molecule has 30 heteroatoms. The van der Waals surface area contributed by atoms with Gasteiger partial charge in [0.2, 0.25) is 20.0 Å². The second-order valence-electron chi connectivity index (χ2n) is 26.7. The molecule has 2 aliphatic heterocycles. The number of aryl methyl sites for hydroxylation is 2. The number of rotatable bonds is 18. The topological polar surface area (TPSA) is 339 Å². The van der Waals surface area contributed by atoms with Crippen LogP contribution < -0.4 is 36.0 Å². The highest BCUT2D eigenvalue weighted by Gasteiger charge is 2.31. The number of anilines is 4. The molecule has 2 saturated heterocycles. The van der Waals surface area contributed by atoms with Gasteiger partial charge in [-0.05, 0) is 202 Å². The van der Waals surface area contributed by atoms with Gasteiger partial charge in [-0.15, -0.1) is 22.7 Å². The summed E-state index contributed by atoms with van der Waals surface area (Å²) in [4.78, 5) is 82.5. The highest BCUT2D eigenvalue weighted by molar-refractivity contribution is 7.90. The van der Waals surface area contributed by atoms with Crippen LogP contribution in [0, 0.1) is 25.7 Å². The van der Waals surface area contributed by atoms with Crippen LogP contribution in [0.3, 0.4) is 0 Å². The molecule has 2 fully saturated rings. The average Bonchev–Trinajstić information content (AvgIpc) is 1.78. The fourth-order valence-corrected chi connectivity index (χ4v) is 15.3. The van der Waals surface area contributed by atoms with Gasteiger partial charge in [0.05, 0.1) is 68.7 Å². The number of aromatic nitrogens is 4. The maximum atomic E-state index is 13.7. The zero-order valence-electron chi connectivity index (χ0n) is 56.4. The molecule has 95 heavy (non-hydrogen) atoms. The summed E-state index contributed by atoms with van der Waals surface area (Å²) in [5, 5.41) is 15.0. The number of hydrogen-bond donors (Lipinski definition) is 7. The first-order valence-corrected chi connectivity index (χ1v) is 35.7. The van der Waals surface area contributed by atoms with Crippen LogP contribution in [0.5, 0.6) is 0 Å². The van der Waals surface area contributed by atoms with Crippen molar-refractivity contribution in [1.82, 2.24) is 39.6 Å². The first-order chi connectivity index (χ1) is 44.4. The van der Waals surface area contributed by atoms with Gasteiger partial charge >= 0.3 is 30.5 Å². The van der Waals surface area contributed by atoms with Crippen molar-refractivity contribution in [3.63, 3.8) is 0 Å². The molecule has 5 amide bonds. The Balaban J connectivity index is 0.000000271. The fourth-order valence-electron chi connectivity index (χ4n) is 9.79. The van der Waals surface area contributed by atoms with Crippen molar-refractivity contribution in [2.24, 2.45) is 11.8 Å². The maximum Gasteiger partial charge on any atom is 0.411 e. The van der Waals surface area contributed by atoms with Crippen molar-refractivity contribution >= 4 is 95.9 Å². The van der Waals surface area contributed by atoms with E-state index in [9.17, 15) is 40.8 Å². The Morgan fingerprint density at radius 1 is 0.547 bits per heavy atom. The number of nitrogens with zero attached hydrogens (tertiary/aromatic N) is 5. The number of likely N-dealkylation sites (tertiary alicyclic amines) is 1. The molecule has 0 atom stereocenters. The van der Waals surface area contributed by atoms with Gasteiger partial charge in [0.15, 0.2) is 0 Å². The molecule has 26 nitrogen and oxygen atoms in total. The zero-order chi connectivity index (χ0) is 69.8. The Morgan fingerprint density at radius 3 is 1.31 bits per heavy atom. The van der Waals surface area contributed by atoms with Gasteiger partial charge in [0, 0.05) is 59.1 Å². The SMILES string of the molecule is Cc1cc(NC(=O)OC(C)C)cnc1-c1ncc(-c2ccc(NC(=O)OCC3CCN(C(=O)OC(C)(C)C)CC3)cc2S(=O)(=O)NC(C)(C)C)s1.Cc1cc(NC(=O)OC(C)C)cnc1-c1ncc(-c2ccc(NC(=O)OCC3CCNCC3)cc2S(=O)(=O)NC(C)(C)C)s1. The second kappa shape index (κ2) is 31.8. The largest absolute Gasteiger partial charge is 0.449 e. The lowest BCUT2D eigenvalue weighted by atomic mass is 9.98. The summed E-state index contributed by atoms with van der Waals surface area (Å²) < 4.78 is 86.7. The quantitative estimate of drug-likeness (QED) is 0.0393. The third-order valence-electron chi connectivity index (χ3n) is 13.8. The summed E-state index contributed by atoms with van der Waals surface area (Å²) in [6.07, 6.45) is 5.96. The fraction of sp³-hybridized carbons (Fsp3) is 0.492. The van der Waals surface area contributed by atoms with Gasteiger partial charge in [-0.1, -0.05) is 12.1 Å². The minimum absolute atomic E-state index is 0.00771. The number of piperidine rings is 2. The lowest BCUT2D eigenvalue weighted by molar-refractivity contribution is 0.0152. The Hall–Kier alpha value is -7.87. The van der Waals surface area contributed by atoms with E-state index in [0.717, 1.165) is 37.1 Å². The zero-order valence-corrected chi connectivity index (χ0v) is 59.7. The average molecular weight is 1390 g/mol. The molecule has 0 saturated carbocycles. The molecule has 0 spiro atoms. The predicted octanol–water partition coefficient (Wildman–Crippen LogP) is 13.2. The summed E-state index contributed by atoms with van der Waals surface area (Å²) in [5.41, 5.74) is 2.85. The third kappa shape index (κ3) is 22.9. The number of hydrogen-bond acceptors (Lipinski definition) is 21. The summed E-state index contributed by atoms with van der Waals surface area (Å²) >= 11 is 2.53. The predicted molar refractivity (Wildman–Crippen MR) is 368 cm³/mol. The monoisotopic (exact) mass is 1390 g/mol. The van der Waals surface area contributed by atoms with Gasteiger partial charge in [-0.2, -0.15) is 0 Å². The minimum atomic E-state index is -4.07. The molecule has 8 rings (SSSR count). The summed E-state index contributed by atoms with van der Waals surface area (Å²) in [5.74, 6) is 0.361. The number of carbonyl (C=O) groups is 5. The maximum absolute atomic E-state index is 13.7. The van der Waals surface area contributed by atoms with Crippen LogP contribution in [-0.2, 0) is 43.7 Å². The molecule has 516 valence electrons. The number of amides is 5. The van der Waals surface area contributed by atoms with Crippen molar-refractivity contribution in [1.29, 1.82) is 0 Å². The van der Waals surface area contributed by atoms with E-state index in [1.807, 2.05) is 34.6 Å². The standard InChI is InChI=1S/C35H48N6O8S2.C30H40N6O6S2/c1-21(2)48-32(43)39-25-16-22(3)29(36-18-25)30-37-19-27(50-30)26-11-10-24(17-28(26)51(45,46)40-34(4,5)6)38-31(42)47-20-23-12-14-41(15-13-23)33(44)49-35(7,8)9;1-18(2)42-29(38)35-22-13-19(3)26(32-15-22)27-33-16-24(43-27)23-8-7-21(14-25(23)44(39,40)36-30(4,5)6)34-28(37)41-17-20-9-11-31-12-10-20/h10-11,16-19,21,23,40H,12-15,20H2,1-9H3,(H,38,42)(H,39,43);7-8,13-16,18,20,31,36H,9-12,17H2,1-6H3,(H,34,37)(H,35,38). The Bertz CT molecular complexity index is 3940. The summed E-state index contributed by atoms with van der Waals surface area (Å²) in [7, 11) is -8.08. The number of sulfonamides is 2. The van der Waals surface area contributed by atoms with Crippen LogP contribution in [0.15, 0.2) is 83.1 Å². The van der Waals surface area contributed by atoms with Crippen molar-refractivity contribution < 1.29 is 64.5 Å². The number of ether oxygens (including phenoxy) is 5. The molecule has 2 aromatic carbocycles. The van der Waals surface area contributed by atoms with Crippen LogP contribution >= 0.6 is 22.7 Å². The summed E-state index contributed by atoms with van der Waals surface area (Å²) in [6, 6.07) is 12.8. The van der Waals surface area contributed by atoms with Crippen LogP contribution in [0.4, 0.5) is 46.7 Å². The van der Waals surface area contributed by atoms with Crippen LogP contribution in [0.2, 0.25) is 0 Å². The van der Waals surface area contributed by atoms with E-state index in [1.54, 1.807) is 123 Å². The van der Waals surface area contributed by atoms with Crippen LogP contribution in [0.25, 0.3) is 42.3 Å². The molecule has 0 aliphatic carbocycles. The van der Waals surface area contributed by atoms with Gasteiger partial charge in [0.1, 0.15) is 27.0 Å². The first-order valence-electron chi connectivity index (χ1n) is 31.1. The second-order valence-corrected chi connectivity index (χ2v) is 32.0. The highest BCUT2D eigenvalue weighted by Crippen LogP contribution is 2.40. The van der Waals surface area contributed by atoms with Gasteiger partial charge < -0.3 is 33.9 Å². The van der Waals surface area contributed by atoms with Crippen molar-refractivity contribution in [2.45, 2.75) is 168 Å². The smallest absolute Gasteiger partial charge is 0.411 e. The molecular formula is C65H88N12O14S4. The molecule has 7 N–H and O–H groups in total. The molecular weight excluding hydrogens is 1300 g/mol. The third-order valence-corrected chi connectivity index (χ3v) is 19.5. The van der Waals surface area contributed by atoms with E-state index in [0.29, 0.717) is 97.8 Å². The highest BCUT2D eigenvalue weighted by atomic mass is 32.2. The first kappa shape index (κ1) is 74.5. The number of thiazole rings is 2. The lowest BCUT2D eigenvalue weighted by Gasteiger charge is -2.33. The molecule has 6 heterocycles. The molecule has 0 radical (unpaired) electrons. The Labute approximate surface area is 564 Å². The van der Waals surface area contributed by atoms with E-state index in [1.165, 1.54) is 47.2 Å². The normalized spacial score (nSPS) is 14.3. The van der Waals surface area contributed by atoms with E-state index in [2.05, 4.69) is 56.0 Å². The van der Waals surface area contributed by atoms with Crippen molar-refractivity contribution in [3.05, 3.63) is 84.4 Å².